The Bertz CT molecular complexity index is 735. The molecular weight excluding hydrogens is 330 g/mol. The number of hydrogen-bond acceptors (Lipinski definition) is 5. The van der Waals surface area contributed by atoms with E-state index in [1.165, 1.54) is 0 Å². The summed E-state index contributed by atoms with van der Waals surface area (Å²) in [5, 5.41) is 3.61. The van der Waals surface area contributed by atoms with Gasteiger partial charge in [0.1, 0.15) is 0 Å². The molecule has 0 spiro atoms. The number of benzene rings is 1. The van der Waals surface area contributed by atoms with Crippen molar-refractivity contribution >= 4 is 23.1 Å². The molecule has 0 unspecified atom stereocenters. The maximum Gasteiger partial charge on any atom is 0.409 e. The third-order valence-electron chi connectivity index (χ3n) is 4.78. The second kappa shape index (κ2) is 8.40. The molecule has 1 N–H and O–H groups in total. The maximum atomic E-state index is 11.8. The van der Waals surface area contributed by atoms with Crippen molar-refractivity contribution in [3.05, 3.63) is 24.3 Å². The highest BCUT2D eigenvalue weighted by atomic mass is 16.6. The number of ether oxygens (including phenoxy) is 1. The van der Waals surface area contributed by atoms with Gasteiger partial charge in [0.2, 0.25) is 5.95 Å². The van der Waals surface area contributed by atoms with Crippen LogP contribution in [0.2, 0.25) is 0 Å². The zero-order chi connectivity index (χ0) is 18.5. The minimum absolute atomic E-state index is 0.204. The maximum absolute atomic E-state index is 11.8. The van der Waals surface area contributed by atoms with E-state index >= 15 is 0 Å². The number of likely N-dealkylation sites (tertiary alicyclic amines) is 1. The fourth-order valence-corrected chi connectivity index (χ4v) is 3.32. The van der Waals surface area contributed by atoms with Crippen LogP contribution in [0.25, 0.3) is 11.0 Å². The van der Waals surface area contributed by atoms with Gasteiger partial charge in [0.05, 0.1) is 17.6 Å². The molecule has 2 aromatic rings. The smallest absolute Gasteiger partial charge is 0.409 e. The molecular formula is C19H29N5O2. The lowest BCUT2D eigenvalue weighted by Crippen LogP contribution is -2.43. The number of piperidine rings is 1. The van der Waals surface area contributed by atoms with Crippen LogP contribution in [0.4, 0.5) is 10.7 Å². The second-order valence-electron chi connectivity index (χ2n) is 6.98. The Morgan fingerprint density at radius 3 is 2.73 bits per heavy atom. The Labute approximate surface area is 154 Å². The first-order chi connectivity index (χ1) is 12.6. The predicted octanol–water partition coefficient (Wildman–Crippen LogP) is 2.63. The lowest BCUT2D eigenvalue weighted by molar-refractivity contribution is 0.0983. The van der Waals surface area contributed by atoms with Crippen LogP contribution in [-0.4, -0.2) is 71.8 Å². The molecule has 1 saturated heterocycles. The van der Waals surface area contributed by atoms with Gasteiger partial charge in [0, 0.05) is 32.2 Å². The molecule has 1 aliphatic rings. The average molecular weight is 359 g/mol. The Hall–Kier alpha value is -2.28. The first kappa shape index (κ1) is 18.5. The topological polar surface area (TPSA) is 62.6 Å². The molecule has 3 rings (SSSR count). The standard InChI is InChI=1S/C19H29N5O2/c1-4-26-19(25)23-11-9-15(10-12-23)20-18-21-16-7-5-6-8-17(16)24(18)14-13-22(2)3/h5-8,15H,4,9-14H2,1-3H3,(H,20,21). The summed E-state index contributed by atoms with van der Waals surface area (Å²) in [4.78, 5) is 20.6. The van der Waals surface area contributed by atoms with E-state index in [-0.39, 0.29) is 6.09 Å². The van der Waals surface area contributed by atoms with Gasteiger partial charge < -0.3 is 24.4 Å². The Kier molecular flexibility index (Phi) is 5.98. The molecule has 0 saturated carbocycles. The van der Waals surface area contributed by atoms with E-state index in [1.807, 2.05) is 13.0 Å². The largest absolute Gasteiger partial charge is 0.450 e. The van der Waals surface area contributed by atoms with Gasteiger partial charge in [0.25, 0.3) is 0 Å². The van der Waals surface area contributed by atoms with E-state index in [0.29, 0.717) is 25.7 Å². The van der Waals surface area contributed by atoms with Gasteiger partial charge in [0.15, 0.2) is 0 Å². The number of para-hydroxylation sites is 2. The predicted molar refractivity (Wildman–Crippen MR) is 104 cm³/mol. The minimum Gasteiger partial charge on any atom is -0.450 e. The van der Waals surface area contributed by atoms with Gasteiger partial charge >= 0.3 is 6.09 Å². The third kappa shape index (κ3) is 4.27. The van der Waals surface area contributed by atoms with Crippen LogP contribution in [-0.2, 0) is 11.3 Å². The van der Waals surface area contributed by atoms with Crippen molar-refractivity contribution in [1.29, 1.82) is 0 Å². The molecule has 1 aromatic heterocycles. The molecule has 142 valence electrons. The van der Waals surface area contributed by atoms with Crippen LogP contribution in [0.1, 0.15) is 19.8 Å². The van der Waals surface area contributed by atoms with Gasteiger partial charge in [-0.3, -0.25) is 0 Å². The number of nitrogens with one attached hydrogen (secondary N) is 1. The summed E-state index contributed by atoms with van der Waals surface area (Å²) >= 11 is 0. The number of carbonyl (C=O) groups excluding carboxylic acids is 1. The molecule has 7 nitrogen and oxygen atoms in total. The molecule has 0 radical (unpaired) electrons. The lowest BCUT2D eigenvalue weighted by Gasteiger charge is -2.32. The summed E-state index contributed by atoms with van der Waals surface area (Å²) in [5.74, 6) is 0.919. The van der Waals surface area contributed by atoms with Crippen molar-refractivity contribution in [2.24, 2.45) is 0 Å². The van der Waals surface area contributed by atoms with E-state index < -0.39 is 0 Å². The number of imidazole rings is 1. The Morgan fingerprint density at radius 1 is 1.31 bits per heavy atom. The van der Waals surface area contributed by atoms with Gasteiger partial charge in [-0.05, 0) is 46.0 Å². The molecule has 7 heteroatoms. The van der Waals surface area contributed by atoms with Crippen LogP contribution in [0.5, 0.6) is 0 Å². The first-order valence-electron chi connectivity index (χ1n) is 9.36. The van der Waals surface area contributed by atoms with Gasteiger partial charge in [-0.2, -0.15) is 0 Å². The van der Waals surface area contributed by atoms with Crippen LogP contribution in [0.15, 0.2) is 24.3 Å². The summed E-state index contributed by atoms with van der Waals surface area (Å²) in [6.07, 6.45) is 1.59. The second-order valence-corrected chi connectivity index (χ2v) is 6.98. The van der Waals surface area contributed by atoms with Crippen LogP contribution >= 0.6 is 0 Å². The minimum atomic E-state index is -0.204. The number of hydrogen-bond donors (Lipinski definition) is 1. The molecule has 0 aliphatic carbocycles. The zero-order valence-electron chi connectivity index (χ0n) is 15.9. The summed E-state index contributed by atoms with van der Waals surface area (Å²) in [6.45, 7) is 5.54. The number of fused-ring (bicyclic) bond motifs is 1. The molecule has 1 aliphatic heterocycles. The Balaban J connectivity index is 1.69. The van der Waals surface area contributed by atoms with Gasteiger partial charge in [-0.25, -0.2) is 9.78 Å². The zero-order valence-corrected chi connectivity index (χ0v) is 15.9. The highest BCUT2D eigenvalue weighted by Gasteiger charge is 2.24. The monoisotopic (exact) mass is 359 g/mol. The van der Waals surface area contributed by atoms with E-state index in [0.717, 1.165) is 42.9 Å². The fraction of sp³-hybridized carbons (Fsp3) is 0.579. The summed E-state index contributed by atoms with van der Waals surface area (Å²) in [7, 11) is 4.16. The number of amides is 1. The quantitative estimate of drug-likeness (QED) is 0.859. The lowest BCUT2D eigenvalue weighted by atomic mass is 10.1. The molecule has 26 heavy (non-hydrogen) atoms. The van der Waals surface area contributed by atoms with Crippen LogP contribution in [0, 0.1) is 0 Å². The van der Waals surface area contributed by atoms with Crippen LogP contribution < -0.4 is 5.32 Å². The number of carbonyl (C=O) groups is 1. The van der Waals surface area contributed by atoms with E-state index in [4.69, 9.17) is 9.72 Å². The first-order valence-corrected chi connectivity index (χ1v) is 9.36. The molecule has 0 atom stereocenters. The summed E-state index contributed by atoms with van der Waals surface area (Å²) < 4.78 is 7.35. The van der Waals surface area contributed by atoms with Crippen molar-refractivity contribution in [3.63, 3.8) is 0 Å². The molecule has 0 bridgehead atoms. The van der Waals surface area contributed by atoms with Crippen molar-refractivity contribution < 1.29 is 9.53 Å². The summed E-state index contributed by atoms with van der Waals surface area (Å²) in [6, 6.07) is 8.56. The molecule has 2 heterocycles. The van der Waals surface area contributed by atoms with Crippen molar-refractivity contribution in [1.82, 2.24) is 19.4 Å². The number of aromatic nitrogens is 2. The fourth-order valence-electron chi connectivity index (χ4n) is 3.32. The Morgan fingerprint density at radius 2 is 2.04 bits per heavy atom. The number of likely N-dealkylation sites (N-methyl/N-ethyl adjacent to an activating group) is 1. The highest BCUT2D eigenvalue weighted by molar-refractivity contribution is 5.78. The van der Waals surface area contributed by atoms with E-state index in [9.17, 15) is 4.79 Å². The highest BCUT2D eigenvalue weighted by Crippen LogP contribution is 2.22. The van der Waals surface area contributed by atoms with E-state index in [2.05, 4.69) is 47.1 Å². The summed E-state index contributed by atoms with van der Waals surface area (Å²) in [5.41, 5.74) is 2.17. The normalized spacial score (nSPS) is 15.6. The van der Waals surface area contributed by atoms with Gasteiger partial charge in [-0.15, -0.1) is 0 Å². The van der Waals surface area contributed by atoms with Crippen molar-refractivity contribution in [2.45, 2.75) is 32.4 Å². The van der Waals surface area contributed by atoms with Gasteiger partial charge in [-0.1, -0.05) is 12.1 Å². The average Bonchev–Trinajstić information content (AvgIpc) is 2.98. The number of anilines is 1. The molecule has 1 amide bonds. The SMILES string of the molecule is CCOC(=O)N1CCC(Nc2nc3ccccc3n2CCN(C)C)CC1. The molecule has 1 fully saturated rings. The van der Waals surface area contributed by atoms with E-state index in [1.54, 1.807) is 4.90 Å². The molecule has 1 aromatic carbocycles. The third-order valence-corrected chi connectivity index (χ3v) is 4.78. The number of nitrogens with zero attached hydrogens (tertiary/aromatic N) is 4. The van der Waals surface area contributed by atoms with Crippen LogP contribution in [0.3, 0.4) is 0 Å². The van der Waals surface area contributed by atoms with Crippen molar-refractivity contribution in [2.75, 3.05) is 45.7 Å². The van der Waals surface area contributed by atoms with Crippen molar-refractivity contribution in [3.8, 4) is 0 Å². The number of rotatable bonds is 6.